The van der Waals surface area contributed by atoms with Gasteiger partial charge < -0.3 is 30.9 Å². The van der Waals surface area contributed by atoms with E-state index >= 15 is 0 Å². The summed E-state index contributed by atoms with van der Waals surface area (Å²) in [5, 5.41) is 11.8. The quantitative estimate of drug-likeness (QED) is 0.348. The molecule has 4 N–H and O–H groups in total. The third kappa shape index (κ3) is 7.99. The minimum absolute atomic E-state index is 0.0766. The number of nitrogens with one attached hydrogen (secondary N) is 4. The Bertz CT molecular complexity index is 1220. The first-order valence-electron chi connectivity index (χ1n) is 14.0. The SMILES string of the molecule is CCC(=O)NC1CCCCC1Nc1nc(Nc2ccc(C(=O)NC3CCN(C)CC3)cc2OC)ncc1C(F)(F)F. The number of amides is 2. The van der Waals surface area contributed by atoms with Crippen molar-refractivity contribution < 1.29 is 27.5 Å². The van der Waals surface area contributed by atoms with Crippen LogP contribution in [0.1, 0.15) is 67.8 Å². The first-order chi connectivity index (χ1) is 19.6. The maximum atomic E-state index is 13.9. The van der Waals surface area contributed by atoms with E-state index in [0.717, 1.165) is 45.0 Å². The van der Waals surface area contributed by atoms with E-state index in [9.17, 15) is 22.8 Å². The average Bonchev–Trinajstić information content (AvgIpc) is 2.95. The number of carbonyl (C=O) groups excluding carboxylic acids is 2. The van der Waals surface area contributed by atoms with E-state index in [1.807, 2.05) is 7.05 Å². The Morgan fingerprint density at radius 2 is 1.78 bits per heavy atom. The smallest absolute Gasteiger partial charge is 0.421 e. The van der Waals surface area contributed by atoms with E-state index in [0.29, 0.717) is 36.3 Å². The predicted octanol–water partition coefficient (Wildman–Crippen LogP) is 4.32. The second kappa shape index (κ2) is 13.4. The van der Waals surface area contributed by atoms with Crippen LogP contribution in [0.4, 0.5) is 30.6 Å². The number of alkyl halides is 3. The normalized spacial score (nSPS) is 20.2. The minimum atomic E-state index is -4.68. The van der Waals surface area contributed by atoms with Crippen LogP contribution >= 0.6 is 0 Å². The van der Waals surface area contributed by atoms with E-state index in [-0.39, 0.29) is 35.7 Å². The number of piperidine rings is 1. The number of benzene rings is 1. The molecule has 1 aliphatic heterocycles. The highest BCUT2D eigenvalue weighted by molar-refractivity contribution is 5.95. The van der Waals surface area contributed by atoms with Crippen LogP contribution in [-0.4, -0.2) is 72.1 Å². The van der Waals surface area contributed by atoms with Crippen molar-refractivity contribution in [1.29, 1.82) is 0 Å². The van der Waals surface area contributed by atoms with Gasteiger partial charge in [-0.3, -0.25) is 9.59 Å². The molecule has 1 saturated heterocycles. The molecule has 0 radical (unpaired) electrons. The van der Waals surface area contributed by atoms with Gasteiger partial charge in [0.05, 0.1) is 12.8 Å². The lowest BCUT2D eigenvalue weighted by molar-refractivity contribution is -0.137. The lowest BCUT2D eigenvalue weighted by Crippen LogP contribution is -2.48. The number of ether oxygens (including phenoxy) is 1. The fraction of sp³-hybridized carbons (Fsp3) is 0.571. The molecule has 2 atom stereocenters. The molecule has 13 heteroatoms. The molecule has 10 nitrogen and oxygen atoms in total. The largest absolute Gasteiger partial charge is 0.495 e. The fourth-order valence-electron chi connectivity index (χ4n) is 5.20. The molecule has 4 rings (SSSR count). The van der Waals surface area contributed by atoms with Gasteiger partial charge in [-0.05, 0) is 64.0 Å². The van der Waals surface area contributed by atoms with Gasteiger partial charge in [0.1, 0.15) is 17.1 Å². The highest BCUT2D eigenvalue weighted by Gasteiger charge is 2.37. The zero-order valence-electron chi connectivity index (χ0n) is 23.6. The summed E-state index contributed by atoms with van der Waals surface area (Å²) in [5.41, 5.74) is -0.207. The molecular weight excluding hydrogens is 539 g/mol. The average molecular weight is 578 g/mol. The molecule has 1 aromatic carbocycles. The molecule has 2 aromatic rings. The summed E-state index contributed by atoms with van der Waals surface area (Å²) in [5.74, 6) is -0.508. The lowest BCUT2D eigenvalue weighted by Gasteiger charge is -2.33. The standard InChI is InChI=1S/C28H38F3N7O3/c1-4-24(39)34-20-7-5-6-8-21(20)35-25-19(28(29,30)31)16-32-27(37-25)36-22-10-9-17(15-23(22)41-3)26(40)33-18-11-13-38(2)14-12-18/h9-10,15-16,18,20-21H,4-8,11-14H2,1-3H3,(H,33,40)(H,34,39)(H2,32,35,36,37). The minimum Gasteiger partial charge on any atom is -0.495 e. The maximum absolute atomic E-state index is 13.9. The van der Waals surface area contributed by atoms with Gasteiger partial charge in [0.15, 0.2) is 0 Å². The second-order valence-electron chi connectivity index (χ2n) is 10.6. The number of nitrogens with zero attached hydrogens (tertiary/aromatic N) is 3. The van der Waals surface area contributed by atoms with Crippen molar-refractivity contribution in [3.8, 4) is 5.75 Å². The van der Waals surface area contributed by atoms with Gasteiger partial charge in [-0.2, -0.15) is 18.2 Å². The van der Waals surface area contributed by atoms with Gasteiger partial charge in [-0.25, -0.2) is 4.98 Å². The molecule has 1 saturated carbocycles. The molecule has 2 aliphatic rings. The van der Waals surface area contributed by atoms with Crippen molar-refractivity contribution >= 4 is 29.3 Å². The lowest BCUT2D eigenvalue weighted by atomic mass is 9.90. The van der Waals surface area contributed by atoms with E-state index in [1.165, 1.54) is 7.11 Å². The first-order valence-corrected chi connectivity index (χ1v) is 14.0. The number of hydrogen-bond donors (Lipinski definition) is 4. The second-order valence-corrected chi connectivity index (χ2v) is 10.6. The summed E-state index contributed by atoms with van der Waals surface area (Å²) < 4.78 is 47.1. The Morgan fingerprint density at radius 3 is 2.44 bits per heavy atom. The van der Waals surface area contributed by atoms with Crippen LogP contribution in [0, 0.1) is 0 Å². The van der Waals surface area contributed by atoms with Gasteiger partial charge in [0, 0.05) is 36.3 Å². The highest BCUT2D eigenvalue weighted by Crippen LogP contribution is 2.36. The van der Waals surface area contributed by atoms with Crippen LogP contribution in [0.25, 0.3) is 0 Å². The molecular formula is C28H38F3N7O3. The third-order valence-electron chi connectivity index (χ3n) is 7.61. The van der Waals surface area contributed by atoms with Crippen LogP contribution in [0.3, 0.4) is 0 Å². The summed E-state index contributed by atoms with van der Waals surface area (Å²) in [4.78, 5) is 35.1. The molecule has 41 heavy (non-hydrogen) atoms. The Labute approximate surface area is 237 Å². The van der Waals surface area contributed by atoms with Gasteiger partial charge in [0.2, 0.25) is 11.9 Å². The van der Waals surface area contributed by atoms with Crippen molar-refractivity contribution in [2.24, 2.45) is 0 Å². The van der Waals surface area contributed by atoms with Crippen molar-refractivity contribution in [1.82, 2.24) is 25.5 Å². The number of anilines is 3. The van der Waals surface area contributed by atoms with E-state index < -0.39 is 17.8 Å². The predicted molar refractivity (Wildman–Crippen MR) is 149 cm³/mol. The summed E-state index contributed by atoms with van der Waals surface area (Å²) in [7, 11) is 3.49. The first kappa shape index (κ1) is 30.4. The number of methoxy groups -OCH3 is 1. The zero-order chi connectivity index (χ0) is 29.6. The number of hydrogen-bond acceptors (Lipinski definition) is 8. The number of halogens is 3. The van der Waals surface area contributed by atoms with Crippen LogP contribution in [0.15, 0.2) is 24.4 Å². The van der Waals surface area contributed by atoms with Gasteiger partial charge in [0.25, 0.3) is 5.91 Å². The van der Waals surface area contributed by atoms with E-state index in [4.69, 9.17) is 4.74 Å². The molecule has 224 valence electrons. The van der Waals surface area contributed by atoms with Crippen LogP contribution < -0.4 is 26.0 Å². The van der Waals surface area contributed by atoms with Crippen LogP contribution in [0.2, 0.25) is 0 Å². The molecule has 2 heterocycles. The molecule has 2 amide bonds. The summed E-state index contributed by atoms with van der Waals surface area (Å²) in [6, 6.07) is 4.15. The number of rotatable bonds is 9. The van der Waals surface area contributed by atoms with Crippen LogP contribution in [-0.2, 0) is 11.0 Å². The Balaban J connectivity index is 1.53. The van der Waals surface area contributed by atoms with Crippen molar-refractivity contribution in [3.05, 3.63) is 35.5 Å². The molecule has 0 bridgehead atoms. The van der Waals surface area contributed by atoms with Crippen LogP contribution in [0.5, 0.6) is 5.75 Å². The summed E-state index contributed by atoms with van der Waals surface area (Å²) in [6.45, 7) is 3.55. The Hall–Kier alpha value is -3.61. The summed E-state index contributed by atoms with van der Waals surface area (Å²) in [6.07, 6.45) is 1.03. The highest BCUT2D eigenvalue weighted by atomic mass is 19.4. The molecule has 2 unspecified atom stereocenters. The molecule has 1 aliphatic carbocycles. The molecule has 2 fully saturated rings. The van der Waals surface area contributed by atoms with Gasteiger partial charge >= 0.3 is 6.18 Å². The number of aromatic nitrogens is 2. The van der Waals surface area contributed by atoms with Gasteiger partial charge in [-0.1, -0.05) is 19.8 Å². The number of likely N-dealkylation sites (tertiary alicyclic amines) is 1. The molecule has 1 aromatic heterocycles. The Kier molecular flexibility index (Phi) is 9.90. The van der Waals surface area contributed by atoms with Crippen molar-refractivity contribution in [2.75, 3.05) is 37.9 Å². The third-order valence-corrected chi connectivity index (χ3v) is 7.61. The van der Waals surface area contributed by atoms with Crippen molar-refractivity contribution in [2.45, 2.75) is 76.2 Å². The number of carbonyl (C=O) groups is 2. The topological polar surface area (TPSA) is 121 Å². The molecule has 0 spiro atoms. The van der Waals surface area contributed by atoms with E-state index in [1.54, 1.807) is 25.1 Å². The van der Waals surface area contributed by atoms with Gasteiger partial charge in [-0.15, -0.1) is 0 Å². The maximum Gasteiger partial charge on any atom is 0.421 e. The van der Waals surface area contributed by atoms with Crippen molar-refractivity contribution in [3.63, 3.8) is 0 Å². The van der Waals surface area contributed by atoms with E-state index in [2.05, 4.69) is 36.1 Å². The monoisotopic (exact) mass is 577 g/mol. The summed E-state index contributed by atoms with van der Waals surface area (Å²) >= 11 is 0. The zero-order valence-corrected chi connectivity index (χ0v) is 23.6. The fourth-order valence-corrected chi connectivity index (χ4v) is 5.20. The Morgan fingerprint density at radius 1 is 1.07 bits per heavy atom.